The van der Waals surface area contributed by atoms with Crippen LogP contribution >= 0.6 is 0 Å². The number of rotatable bonds is 5. The fourth-order valence-electron chi connectivity index (χ4n) is 3.65. The first-order valence-corrected chi connectivity index (χ1v) is 9.82. The Morgan fingerprint density at radius 3 is 2.55 bits per heavy atom. The van der Waals surface area contributed by atoms with E-state index in [2.05, 4.69) is 41.2 Å². The lowest BCUT2D eigenvalue weighted by atomic mass is 10.1. The van der Waals surface area contributed by atoms with Gasteiger partial charge in [0.1, 0.15) is 5.75 Å². The smallest absolute Gasteiger partial charge is 0.276 e. The number of piperazine rings is 1. The molecular weight excluding hydrogens is 366 g/mol. The molecule has 0 aliphatic carbocycles. The highest BCUT2D eigenvalue weighted by atomic mass is 16.5. The van der Waals surface area contributed by atoms with Gasteiger partial charge >= 0.3 is 0 Å². The van der Waals surface area contributed by atoms with E-state index >= 15 is 0 Å². The number of ether oxygens (including phenoxy) is 1. The lowest BCUT2D eigenvalue weighted by Crippen LogP contribution is -2.48. The summed E-state index contributed by atoms with van der Waals surface area (Å²) in [6.45, 7) is 6.10. The van der Waals surface area contributed by atoms with Gasteiger partial charge in [-0.2, -0.15) is 0 Å². The summed E-state index contributed by atoms with van der Waals surface area (Å²) in [6.07, 6.45) is 0. The molecule has 0 N–H and O–H groups in total. The third kappa shape index (κ3) is 4.17. The molecule has 2 aromatic carbocycles. The van der Waals surface area contributed by atoms with Crippen molar-refractivity contribution >= 4 is 5.91 Å². The van der Waals surface area contributed by atoms with Gasteiger partial charge in [-0.15, -0.1) is 0 Å². The van der Waals surface area contributed by atoms with Crippen molar-refractivity contribution in [2.24, 2.45) is 0 Å². The third-order valence-corrected chi connectivity index (χ3v) is 5.42. The summed E-state index contributed by atoms with van der Waals surface area (Å²) < 4.78 is 10.8. The third-order valence-electron chi connectivity index (χ3n) is 5.42. The van der Waals surface area contributed by atoms with Gasteiger partial charge in [0.25, 0.3) is 5.91 Å². The van der Waals surface area contributed by atoms with E-state index in [1.54, 1.807) is 13.2 Å². The minimum Gasteiger partial charge on any atom is -0.496 e. The molecule has 6 heteroatoms. The number of carbonyl (C=O) groups is 1. The van der Waals surface area contributed by atoms with Crippen LogP contribution in [0.5, 0.6) is 5.75 Å². The number of benzene rings is 2. The first-order chi connectivity index (χ1) is 14.2. The number of para-hydroxylation sites is 1. The Bertz CT molecular complexity index is 990. The Kier molecular flexibility index (Phi) is 5.62. The van der Waals surface area contributed by atoms with Gasteiger partial charge in [-0.3, -0.25) is 9.69 Å². The van der Waals surface area contributed by atoms with Crippen LogP contribution in [-0.4, -0.2) is 54.2 Å². The minimum absolute atomic E-state index is 0.0922. The largest absolute Gasteiger partial charge is 0.496 e. The van der Waals surface area contributed by atoms with Crippen molar-refractivity contribution in [3.63, 3.8) is 0 Å². The first kappa shape index (κ1) is 19.2. The Morgan fingerprint density at radius 1 is 1.07 bits per heavy atom. The van der Waals surface area contributed by atoms with Crippen molar-refractivity contribution in [3.05, 3.63) is 71.4 Å². The second-order valence-electron chi connectivity index (χ2n) is 7.27. The summed E-state index contributed by atoms with van der Waals surface area (Å²) in [7, 11) is 1.61. The fraction of sp³-hybridized carbons (Fsp3) is 0.304. The van der Waals surface area contributed by atoms with Gasteiger partial charge in [-0.05, 0) is 30.2 Å². The number of nitrogens with zero attached hydrogens (tertiary/aromatic N) is 3. The van der Waals surface area contributed by atoms with Crippen LogP contribution in [0.3, 0.4) is 0 Å². The van der Waals surface area contributed by atoms with Crippen LogP contribution in [0.1, 0.15) is 21.6 Å². The number of amides is 1. The number of hydrogen-bond donors (Lipinski definition) is 0. The predicted octanol–water partition coefficient (Wildman–Crippen LogP) is 3.62. The number of aryl methyl sites for hydroxylation is 1. The van der Waals surface area contributed by atoms with Gasteiger partial charge in [0.05, 0.1) is 12.7 Å². The molecule has 6 nitrogen and oxygen atoms in total. The summed E-state index contributed by atoms with van der Waals surface area (Å²) >= 11 is 0. The predicted molar refractivity (Wildman–Crippen MR) is 111 cm³/mol. The second-order valence-corrected chi connectivity index (χ2v) is 7.27. The van der Waals surface area contributed by atoms with E-state index in [4.69, 9.17) is 9.26 Å². The van der Waals surface area contributed by atoms with E-state index in [1.165, 1.54) is 11.1 Å². The van der Waals surface area contributed by atoms with Crippen molar-refractivity contribution in [2.45, 2.75) is 13.5 Å². The Balaban J connectivity index is 1.39. The number of carbonyl (C=O) groups excluding carboxylic acids is 1. The number of methoxy groups -OCH3 is 1. The van der Waals surface area contributed by atoms with Crippen molar-refractivity contribution < 1.29 is 14.1 Å². The average Bonchev–Trinajstić information content (AvgIpc) is 3.25. The molecule has 29 heavy (non-hydrogen) atoms. The Morgan fingerprint density at radius 2 is 1.79 bits per heavy atom. The Labute approximate surface area is 170 Å². The summed E-state index contributed by atoms with van der Waals surface area (Å²) in [4.78, 5) is 17.1. The summed E-state index contributed by atoms with van der Waals surface area (Å²) in [5.41, 5.74) is 3.76. The van der Waals surface area contributed by atoms with E-state index in [0.717, 1.165) is 25.2 Å². The summed E-state index contributed by atoms with van der Waals surface area (Å²) in [5, 5.41) is 4.01. The molecule has 0 unspecified atom stereocenters. The lowest BCUT2D eigenvalue weighted by molar-refractivity contribution is 0.0618. The van der Waals surface area contributed by atoms with Crippen LogP contribution in [0.25, 0.3) is 11.3 Å². The van der Waals surface area contributed by atoms with Crippen LogP contribution in [0.15, 0.2) is 59.1 Å². The van der Waals surface area contributed by atoms with Gasteiger partial charge in [0.15, 0.2) is 11.5 Å². The minimum atomic E-state index is -0.0922. The van der Waals surface area contributed by atoms with Crippen LogP contribution < -0.4 is 4.74 Å². The molecule has 2 heterocycles. The summed E-state index contributed by atoms with van der Waals surface area (Å²) in [5.74, 6) is 1.13. The average molecular weight is 391 g/mol. The second kappa shape index (κ2) is 8.49. The molecule has 1 saturated heterocycles. The van der Waals surface area contributed by atoms with Crippen LogP contribution in [0, 0.1) is 6.92 Å². The van der Waals surface area contributed by atoms with E-state index < -0.39 is 0 Å². The standard InChI is InChI=1S/C23H25N3O3/c1-17-7-3-4-8-18(17)16-25-11-13-26(14-12-25)23(27)20-15-22(29-24-20)19-9-5-6-10-21(19)28-2/h3-10,15H,11-14,16H2,1-2H3. The summed E-state index contributed by atoms with van der Waals surface area (Å²) in [6, 6.07) is 17.7. The topological polar surface area (TPSA) is 58.8 Å². The normalized spacial score (nSPS) is 14.8. The maximum Gasteiger partial charge on any atom is 0.276 e. The molecular formula is C23H25N3O3. The van der Waals surface area contributed by atoms with E-state index in [-0.39, 0.29) is 5.91 Å². The molecule has 1 aromatic heterocycles. The molecule has 1 aliphatic heterocycles. The first-order valence-electron chi connectivity index (χ1n) is 9.82. The molecule has 1 fully saturated rings. The van der Waals surface area contributed by atoms with Gasteiger partial charge in [-0.25, -0.2) is 0 Å². The zero-order chi connectivity index (χ0) is 20.2. The zero-order valence-corrected chi connectivity index (χ0v) is 16.8. The molecule has 0 bridgehead atoms. The Hall–Kier alpha value is -3.12. The molecule has 3 aromatic rings. The van der Waals surface area contributed by atoms with Crippen molar-refractivity contribution in [3.8, 4) is 17.1 Å². The molecule has 0 atom stereocenters. The van der Waals surface area contributed by atoms with Gasteiger partial charge < -0.3 is 14.2 Å². The van der Waals surface area contributed by atoms with Crippen molar-refractivity contribution in [1.29, 1.82) is 0 Å². The van der Waals surface area contributed by atoms with Crippen LogP contribution in [0.4, 0.5) is 0 Å². The van der Waals surface area contributed by atoms with E-state index in [0.29, 0.717) is 30.3 Å². The monoisotopic (exact) mass is 391 g/mol. The van der Waals surface area contributed by atoms with E-state index in [1.807, 2.05) is 29.2 Å². The fourth-order valence-corrected chi connectivity index (χ4v) is 3.65. The highest BCUT2D eigenvalue weighted by Crippen LogP contribution is 2.30. The van der Waals surface area contributed by atoms with Gasteiger partial charge in [-0.1, -0.05) is 41.6 Å². The molecule has 1 amide bonds. The van der Waals surface area contributed by atoms with E-state index in [9.17, 15) is 4.79 Å². The van der Waals surface area contributed by atoms with Gasteiger partial charge in [0, 0.05) is 38.8 Å². The SMILES string of the molecule is COc1ccccc1-c1cc(C(=O)N2CCN(Cc3ccccc3C)CC2)no1. The molecule has 4 rings (SSSR count). The highest BCUT2D eigenvalue weighted by molar-refractivity contribution is 5.93. The highest BCUT2D eigenvalue weighted by Gasteiger charge is 2.25. The molecule has 150 valence electrons. The number of hydrogen-bond acceptors (Lipinski definition) is 5. The zero-order valence-electron chi connectivity index (χ0n) is 16.8. The quantitative estimate of drug-likeness (QED) is 0.665. The molecule has 1 aliphatic rings. The van der Waals surface area contributed by atoms with Crippen LogP contribution in [-0.2, 0) is 6.54 Å². The van der Waals surface area contributed by atoms with Crippen molar-refractivity contribution in [2.75, 3.05) is 33.3 Å². The molecule has 0 spiro atoms. The maximum atomic E-state index is 12.9. The molecule has 0 saturated carbocycles. The maximum absolute atomic E-state index is 12.9. The lowest BCUT2D eigenvalue weighted by Gasteiger charge is -2.34. The number of aromatic nitrogens is 1. The van der Waals surface area contributed by atoms with Crippen molar-refractivity contribution in [1.82, 2.24) is 15.0 Å². The van der Waals surface area contributed by atoms with Crippen LogP contribution in [0.2, 0.25) is 0 Å². The molecule has 0 radical (unpaired) electrons. The van der Waals surface area contributed by atoms with Gasteiger partial charge in [0.2, 0.25) is 0 Å².